The van der Waals surface area contributed by atoms with Crippen molar-refractivity contribution >= 4 is 49.1 Å². The molecular weight excluding hydrogens is 851 g/mol. The maximum atomic E-state index is 14.8. The molecule has 1 radical (unpaired) electrons. The molecule has 2 aromatic carbocycles. The van der Waals surface area contributed by atoms with Crippen molar-refractivity contribution in [2.24, 2.45) is 16.7 Å². The minimum atomic E-state index is -2.45. The second kappa shape index (κ2) is 18.9. The van der Waals surface area contributed by atoms with E-state index >= 15 is 0 Å². The number of cyclic esters (lactones) is 1. The van der Waals surface area contributed by atoms with Crippen LogP contribution in [0.5, 0.6) is 0 Å². The van der Waals surface area contributed by atoms with Crippen LogP contribution in [0.1, 0.15) is 90.2 Å². The van der Waals surface area contributed by atoms with Gasteiger partial charge in [-0.15, -0.1) is 0 Å². The summed E-state index contributed by atoms with van der Waals surface area (Å²) in [6, 6.07) is 17.4. The summed E-state index contributed by atoms with van der Waals surface area (Å²) in [4.78, 5) is 81.6. The highest BCUT2D eigenvalue weighted by Crippen LogP contribution is 2.44. The standard InChI is InChI=1S/C51H64N7O7Si/c1-9-42(59)55-24-20-51(30-55)21-25-57(48(51)62)44(32(3)4)46(60)54-66-29-34-14-11-15-35(26-34)36-18-19-41-38(27-36)39(45(56(41)10-2)37-16-12-22-52-43(37)33(5)64-8)28-50(6,7)31-65-47(61)40-17-13-23-58(53-40)49(66)63/h9,11-12,14-16,18-19,22,26-27,32-33,40,44,53H,1,10,13,17,20-21,23-25,28-31H2,2-8H3,(H,54,60)/t33-,40-,44-,51-/m0/s1. The van der Waals surface area contributed by atoms with Crippen molar-refractivity contribution in [1.29, 1.82) is 0 Å². The summed E-state index contributed by atoms with van der Waals surface area (Å²) < 4.78 is 14.3. The average Bonchev–Trinajstić information content (AvgIpc) is 3.99. The first-order valence-electron chi connectivity index (χ1n) is 23.4. The van der Waals surface area contributed by atoms with E-state index in [4.69, 9.17) is 14.5 Å². The quantitative estimate of drug-likeness (QED) is 0.106. The van der Waals surface area contributed by atoms with E-state index in [9.17, 15) is 24.0 Å². The summed E-state index contributed by atoms with van der Waals surface area (Å²) in [5.74, 6) is -1.41. The first-order valence-corrected chi connectivity index (χ1v) is 25.2. The number of amides is 4. The molecule has 6 bridgehead atoms. The van der Waals surface area contributed by atoms with E-state index in [-0.39, 0.29) is 47.9 Å². The third-order valence-corrected chi connectivity index (χ3v) is 16.2. The number of aromatic nitrogens is 2. The first kappa shape index (κ1) is 46.9. The molecule has 2 aromatic heterocycles. The van der Waals surface area contributed by atoms with E-state index in [1.54, 1.807) is 23.1 Å². The van der Waals surface area contributed by atoms with Gasteiger partial charge in [-0.3, -0.25) is 34.0 Å². The second-order valence-electron chi connectivity index (χ2n) is 19.6. The third-order valence-electron chi connectivity index (χ3n) is 14.1. The number of hydrazine groups is 1. The van der Waals surface area contributed by atoms with Crippen molar-refractivity contribution in [3.63, 3.8) is 0 Å². The number of carbonyl (C=O) groups excluding carboxylic acids is 5. The van der Waals surface area contributed by atoms with Crippen LogP contribution in [0.15, 0.2) is 73.4 Å². The molecule has 6 heterocycles. The van der Waals surface area contributed by atoms with E-state index < -0.39 is 37.8 Å². The fourth-order valence-corrected chi connectivity index (χ4v) is 12.5. The van der Waals surface area contributed by atoms with E-state index in [0.717, 1.165) is 50.1 Å². The van der Waals surface area contributed by atoms with Gasteiger partial charge in [0.15, 0.2) is 0 Å². The number of rotatable bonds is 9. The molecule has 66 heavy (non-hydrogen) atoms. The third kappa shape index (κ3) is 8.96. The van der Waals surface area contributed by atoms with Gasteiger partial charge in [0.2, 0.25) is 23.3 Å². The molecule has 1 spiro atoms. The van der Waals surface area contributed by atoms with Gasteiger partial charge in [-0.1, -0.05) is 64.6 Å². The molecule has 4 atom stereocenters. The molecule has 3 fully saturated rings. The number of likely N-dealkylation sites (tertiary alicyclic amines) is 2. The Hall–Kier alpha value is -5.64. The SMILES string of the molecule is C=CC(=O)N1CC[C@]2(CCN([C@H](C(=O)N[Si]3Cc4cccc(c4)-c4ccc5c(c4)c(c(-c4cccnc4[C@H](C)OC)n5CC)CC(C)(C)COC(=O)[C@@H]4CCCN(N4)C3=O)C(C)C)C2=O)C1. The van der Waals surface area contributed by atoms with Crippen LogP contribution in [0, 0.1) is 16.7 Å². The van der Waals surface area contributed by atoms with Crippen molar-refractivity contribution < 1.29 is 33.4 Å². The number of ether oxygens (including phenoxy) is 2. The lowest BCUT2D eigenvalue weighted by molar-refractivity contribution is -0.151. The highest BCUT2D eigenvalue weighted by atomic mass is 28.3. The number of fused-ring (bicyclic) bond motifs is 6. The Balaban J connectivity index is 1.18. The summed E-state index contributed by atoms with van der Waals surface area (Å²) in [6.07, 6.45) is 5.54. The Morgan fingerprint density at radius 1 is 1.05 bits per heavy atom. The predicted molar refractivity (Wildman–Crippen MR) is 255 cm³/mol. The number of carbonyl (C=O) groups is 5. The highest BCUT2D eigenvalue weighted by molar-refractivity contribution is 6.88. The Morgan fingerprint density at radius 3 is 2.56 bits per heavy atom. The number of benzene rings is 2. The smallest absolute Gasteiger partial charge is 0.324 e. The first-order chi connectivity index (χ1) is 31.6. The summed E-state index contributed by atoms with van der Waals surface area (Å²) in [5.41, 5.74) is 9.62. The van der Waals surface area contributed by atoms with Crippen LogP contribution in [0.25, 0.3) is 33.3 Å². The van der Waals surface area contributed by atoms with Crippen LogP contribution in [0.3, 0.4) is 0 Å². The van der Waals surface area contributed by atoms with E-state index in [1.807, 2.05) is 39.0 Å². The number of nitrogens with zero attached hydrogens (tertiary/aromatic N) is 5. The molecule has 349 valence electrons. The number of methoxy groups -OCH3 is 1. The fourth-order valence-electron chi connectivity index (χ4n) is 10.6. The van der Waals surface area contributed by atoms with Gasteiger partial charge < -0.3 is 28.8 Å². The molecule has 4 aliphatic rings. The minimum Gasteiger partial charge on any atom is -0.464 e. The van der Waals surface area contributed by atoms with Crippen molar-refractivity contribution in [1.82, 2.24) is 34.8 Å². The van der Waals surface area contributed by atoms with Crippen LogP contribution in [-0.4, -0.2) is 115 Å². The summed E-state index contributed by atoms with van der Waals surface area (Å²) in [6.45, 7) is 18.2. The summed E-state index contributed by atoms with van der Waals surface area (Å²) in [5, 5.41) is 2.58. The van der Waals surface area contributed by atoms with E-state index in [2.05, 4.69) is 78.7 Å². The van der Waals surface area contributed by atoms with Crippen LogP contribution in [0.2, 0.25) is 0 Å². The maximum Gasteiger partial charge on any atom is 0.324 e. The topological polar surface area (TPSA) is 155 Å². The minimum absolute atomic E-state index is 0.133. The lowest BCUT2D eigenvalue weighted by atomic mass is 9.84. The Kier molecular flexibility index (Phi) is 13.4. The van der Waals surface area contributed by atoms with E-state index in [1.165, 1.54) is 11.1 Å². The molecule has 4 aliphatic heterocycles. The maximum absolute atomic E-state index is 14.8. The Bertz CT molecular complexity index is 2560. The second-order valence-corrected chi connectivity index (χ2v) is 21.6. The van der Waals surface area contributed by atoms with Crippen molar-refractivity contribution in [2.45, 2.75) is 104 Å². The van der Waals surface area contributed by atoms with Gasteiger partial charge in [0.05, 0.1) is 29.5 Å². The fraction of sp³-hybridized carbons (Fsp3) is 0.490. The molecule has 0 aliphatic carbocycles. The highest BCUT2D eigenvalue weighted by Gasteiger charge is 2.54. The lowest BCUT2D eigenvalue weighted by Crippen LogP contribution is -2.64. The molecule has 3 saturated heterocycles. The van der Waals surface area contributed by atoms with Gasteiger partial charge in [-0.05, 0) is 111 Å². The van der Waals surface area contributed by atoms with Gasteiger partial charge in [0, 0.05) is 67.9 Å². The summed E-state index contributed by atoms with van der Waals surface area (Å²) >= 11 is 0. The molecule has 14 nitrogen and oxygen atoms in total. The van der Waals surface area contributed by atoms with Crippen LogP contribution in [0.4, 0.5) is 4.79 Å². The molecule has 4 aromatic rings. The normalized spacial score (nSPS) is 22.5. The predicted octanol–water partition coefficient (Wildman–Crippen LogP) is 6.74. The Labute approximate surface area is 389 Å². The largest absolute Gasteiger partial charge is 0.464 e. The molecule has 2 N–H and O–H groups in total. The molecule has 0 saturated carbocycles. The number of aryl methyl sites for hydroxylation is 1. The van der Waals surface area contributed by atoms with Crippen molar-refractivity contribution in [2.75, 3.05) is 39.9 Å². The van der Waals surface area contributed by atoms with Crippen LogP contribution in [-0.2, 0) is 47.7 Å². The summed E-state index contributed by atoms with van der Waals surface area (Å²) in [7, 11) is -0.758. The lowest BCUT2D eigenvalue weighted by Gasteiger charge is -2.36. The zero-order valence-electron chi connectivity index (χ0n) is 39.4. The monoisotopic (exact) mass is 914 g/mol. The van der Waals surface area contributed by atoms with Crippen LogP contribution >= 0.6 is 0 Å². The number of nitrogens with one attached hydrogen (secondary N) is 2. The van der Waals surface area contributed by atoms with Crippen molar-refractivity contribution in [3.8, 4) is 22.4 Å². The van der Waals surface area contributed by atoms with Gasteiger partial charge >= 0.3 is 5.97 Å². The molecule has 8 rings (SSSR count). The van der Waals surface area contributed by atoms with Gasteiger partial charge in [-0.2, -0.15) is 0 Å². The van der Waals surface area contributed by atoms with Gasteiger partial charge in [-0.25, -0.2) is 5.43 Å². The molecule has 0 unspecified atom stereocenters. The number of pyridine rings is 1. The zero-order valence-corrected chi connectivity index (χ0v) is 40.4. The van der Waals surface area contributed by atoms with Crippen LogP contribution < -0.4 is 10.4 Å². The molecule has 4 amide bonds. The van der Waals surface area contributed by atoms with E-state index in [0.29, 0.717) is 64.8 Å². The number of hydrogen-bond donors (Lipinski definition) is 2. The van der Waals surface area contributed by atoms with Gasteiger partial charge in [0.25, 0.3) is 8.96 Å². The van der Waals surface area contributed by atoms with Crippen molar-refractivity contribution in [3.05, 3.63) is 90.3 Å². The number of hydrogen-bond acceptors (Lipinski definition) is 9. The zero-order chi connectivity index (χ0) is 47.1. The average molecular weight is 915 g/mol. The van der Waals surface area contributed by atoms with Gasteiger partial charge in [0.1, 0.15) is 12.1 Å². The molecule has 15 heteroatoms. The number of esters is 1. The Morgan fingerprint density at radius 2 is 1.82 bits per heavy atom. The molecular formula is C51H64N7O7Si.